The van der Waals surface area contributed by atoms with Crippen LogP contribution in [0.4, 0.5) is 5.82 Å². The van der Waals surface area contributed by atoms with Gasteiger partial charge in [-0.25, -0.2) is 4.98 Å². The summed E-state index contributed by atoms with van der Waals surface area (Å²) in [6, 6.07) is 5.96. The van der Waals surface area contributed by atoms with Gasteiger partial charge in [0.05, 0.1) is 5.56 Å². The van der Waals surface area contributed by atoms with Crippen molar-refractivity contribution in [3.63, 3.8) is 0 Å². The maximum atomic E-state index is 5.68. The molecule has 0 aliphatic carbocycles. The molecule has 0 spiro atoms. The van der Waals surface area contributed by atoms with E-state index in [-0.39, 0.29) is 0 Å². The molecule has 0 fully saturated rings. The van der Waals surface area contributed by atoms with E-state index in [1.807, 2.05) is 19.1 Å². The second-order valence-electron chi connectivity index (χ2n) is 4.02. The average molecular weight is 277 g/mol. The molecule has 2 aromatic rings. The lowest BCUT2D eigenvalue weighted by Gasteiger charge is -2.10. The maximum absolute atomic E-state index is 5.68. The highest BCUT2D eigenvalue weighted by Gasteiger charge is 2.06. The Balaban J connectivity index is 2.03. The molecule has 18 heavy (non-hydrogen) atoms. The Hall–Kier alpha value is -1.46. The quantitative estimate of drug-likeness (QED) is 0.825. The summed E-state index contributed by atoms with van der Waals surface area (Å²) in [6.45, 7) is 2.77. The van der Waals surface area contributed by atoms with E-state index in [1.54, 1.807) is 11.3 Å². The second-order valence-corrected chi connectivity index (χ2v) is 5.24. The van der Waals surface area contributed by atoms with E-state index in [0.717, 1.165) is 30.0 Å². The molecule has 0 aromatic carbocycles. The van der Waals surface area contributed by atoms with Crippen LogP contribution in [0, 0.1) is 6.92 Å². The van der Waals surface area contributed by atoms with Gasteiger partial charge in [0.1, 0.15) is 10.8 Å². The molecule has 0 aliphatic heterocycles. The van der Waals surface area contributed by atoms with Crippen LogP contribution in [-0.2, 0) is 6.42 Å². The first-order valence-electron chi connectivity index (χ1n) is 5.69. The maximum Gasteiger partial charge on any atom is 0.136 e. The van der Waals surface area contributed by atoms with E-state index in [0.29, 0.717) is 4.99 Å². The Morgan fingerprint density at radius 1 is 1.44 bits per heavy atom. The van der Waals surface area contributed by atoms with Crippen LogP contribution < -0.4 is 11.1 Å². The molecule has 2 heterocycles. The number of nitrogens with zero attached hydrogens (tertiary/aromatic N) is 1. The van der Waals surface area contributed by atoms with Crippen molar-refractivity contribution < 1.29 is 0 Å². The fourth-order valence-corrected chi connectivity index (χ4v) is 2.52. The molecular weight excluding hydrogens is 262 g/mol. The van der Waals surface area contributed by atoms with E-state index in [1.165, 1.54) is 5.56 Å². The molecule has 94 valence electrons. The van der Waals surface area contributed by atoms with Gasteiger partial charge in [0, 0.05) is 12.2 Å². The first-order valence-corrected chi connectivity index (χ1v) is 7.04. The number of hydrogen-bond acceptors (Lipinski definition) is 4. The van der Waals surface area contributed by atoms with Crippen LogP contribution in [-0.4, -0.2) is 16.5 Å². The Kier molecular flexibility index (Phi) is 4.28. The predicted octanol–water partition coefficient (Wildman–Crippen LogP) is 2.74. The minimum atomic E-state index is 0.375. The molecule has 0 radical (unpaired) electrons. The summed E-state index contributed by atoms with van der Waals surface area (Å²) in [6.07, 6.45) is 0.968. The third-order valence-electron chi connectivity index (χ3n) is 2.59. The average Bonchev–Trinajstić information content (AvgIpc) is 2.82. The fourth-order valence-electron chi connectivity index (χ4n) is 1.65. The van der Waals surface area contributed by atoms with Gasteiger partial charge in [-0.3, -0.25) is 0 Å². The van der Waals surface area contributed by atoms with Gasteiger partial charge < -0.3 is 11.1 Å². The number of pyridine rings is 1. The Morgan fingerprint density at radius 2 is 2.28 bits per heavy atom. The highest BCUT2D eigenvalue weighted by molar-refractivity contribution is 7.80. The van der Waals surface area contributed by atoms with Crippen molar-refractivity contribution in [2.45, 2.75) is 13.3 Å². The predicted molar refractivity (Wildman–Crippen MR) is 81.4 cm³/mol. The minimum Gasteiger partial charge on any atom is -0.389 e. The van der Waals surface area contributed by atoms with Crippen LogP contribution in [0.3, 0.4) is 0 Å². The molecule has 0 aliphatic rings. The topological polar surface area (TPSA) is 50.9 Å². The summed E-state index contributed by atoms with van der Waals surface area (Å²) in [5.74, 6) is 0.776. The summed E-state index contributed by atoms with van der Waals surface area (Å²) in [4.78, 5) is 4.81. The summed E-state index contributed by atoms with van der Waals surface area (Å²) in [5.41, 5.74) is 8.77. The van der Waals surface area contributed by atoms with Crippen LogP contribution >= 0.6 is 23.6 Å². The zero-order valence-corrected chi connectivity index (χ0v) is 11.8. The highest BCUT2D eigenvalue weighted by atomic mass is 32.1. The zero-order chi connectivity index (χ0) is 13.0. The molecular formula is C13H15N3S2. The van der Waals surface area contributed by atoms with Gasteiger partial charge in [-0.05, 0) is 47.9 Å². The van der Waals surface area contributed by atoms with Gasteiger partial charge in [-0.15, -0.1) is 0 Å². The summed E-state index contributed by atoms with van der Waals surface area (Å²) < 4.78 is 0. The van der Waals surface area contributed by atoms with Gasteiger partial charge in [0.25, 0.3) is 0 Å². The van der Waals surface area contributed by atoms with Crippen LogP contribution in [0.1, 0.15) is 16.8 Å². The molecule has 3 nitrogen and oxygen atoms in total. The molecule has 0 unspecified atom stereocenters. The molecule has 0 saturated heterocycles. The van der Waals surface area contributed by atoms with E-state index in [9.17, 15) is 0 Å². The van der Waals surface area contributed by atoms with Crippen molar-refractivity contribution in [2.24, 2.45) is 5.73 Å². The van der Waals surface area contributed by atoms with Crippen molar-refractivity contribution >= 4 is 34.4 Å². The monoisotopic (exact) mass is 277 g/mol. The van der Waals surface area contributed by atoms with E-state index in [4.69, 9.17) is 18.0 Å². The molecule has 5 heteroatoms. The fraction of sp³-hybridized carbons (Fsp3) is 0.231. The SMILES string of the molecule is Cc1ccc(C(N)=S)c(NCCc2ccsc2)n1. The number of aromatic nitrogens is 1. The smallest absolute Gasteiger partial charge is 0.136 e. The number of thiocarbonyl (C=S) groups is 1. The number of anilines is 1. The van der Waals surface area contributed by atoms with Gasteiger partial charge in [-0.2, -0.15) is 11.3 Å². The number of hydrogen-bond donors (Lipinski definition) is 2. The van der Waals surface area contributed by atoms with Crippen LogP contribution in [0.2, 0.25) is 0 Å². The highest BCUT2D eigenvalue weighted by Crippen LogP contribution is 2.14. The zero-order valence-electron chi connectivity index (χ0n) is 10.1. The summed E-state index contributed by atoms with van der Waals surface area (Å²) in [7, 11) is 0. The molecule has 2 rings (SSSR count). The Labute approximate surface area is 116 Å². The lowest BCUT2D eigenvalue weighted by atomic mass is 10.2. The van der Waals surface area contributed by atoms with Crippen molar-refractivity contribution in [3.05, 3.63) is 45.8 Å². The summed E-state index contributed by atoms with van der Waals surface area (Å²) >= 11 is 6.73. The van der Waals surface area contributed by atoms with E-state index in [2.05, 4.69) is 27.1 Å². The number of rotatable bonds is 5. The Bertz CT molecular complexity index is 535. The number of thiophene rings is 1. The number of aryl methyl sites for hydroxylation is 1. The van der Waals surface area contributed by atoms with Gasteiger partial charge in [0.15, 0.2) is 0 Å². The summed E-state index contributed by atoms with van der Waals surface area (Å²) in [5, 5.41) is 7.54. The normalized spacial score (nSPS) is 10.3. The first-order chi connectivity index (χ1) is 8.66. The number of nitrogens with one attached hydrogen (secondary N) is 1. The van der Waals surface area contributed by atoms with Gasteiger partial charge in [0.2, 0.25) is 0 Å². The number of nitrogens with two attached hydrogens (primary N) is 1. The molecule has 0 atom stereocenters. The minimum absolute atomic E-state index is 0.375. The standard InChI is InChI=1S/C13H15N3S2/c1-9-2-3-11(12(14)17)13(16-9)15-6-4-10-5-7-18-8-10/h2-3,5,7-8H,4,6H2,1H3,(H2,14,17)(H,15,16). The molecule has 0 bridgehead atoms. The lowest BCUT2D eigenvalue weighted by Crippen LogP contribution is -2.16. The first kappa shape index (κ1) is 13.0. The van der Waals surface area contributed by atoms with Crippen LogP contribution in [0.25, 0.3) is 0 Å². The third-order valence-corrected chi connectivity index (χ3v) is 3.54. The van der Waals surface area contributed by atoms with Crippen LogP contribution in [0.5, 0.6) is 0 Å². The largest absolute Gasteiger partial charge is 0.389 e. The van der Waals surface area contributed by atoms with Gasteiger partial charge >= 0.3 is 0 Å². The van der Waals surface area contributed by atoms with Crippen molar-refractivity contribution in [1.29, 1.82) is 0 Å². The molecule has 3 N–H and O–H groups in total. The molecule has 2 aromatic heterocycles. The van der Waals surface area contributed by atoms with E-state index >= 15 is 0 Å². The van der Waals surface area contributed by atoms with Crippen LogP contribution in [0.15, 0.2) is 29.0 Å². The molecule has 0 amide bonds. The third kappa shape index (κ3) is 3.27. The lowest BCUT2D eigenvalue weighted by molar-refractivity contribution is 1.01. The molecule has 0 saturated carbocycles. The van der Waals surface area contributed by atoms with Crippen molar-refractivity contribution in [1.82, 2.24) is 4.98 Å². The van der Waals surface area contributed by atoms with Crippen molar-refractivity contribution in [3.8, 4) is 0 Å². The van der Waals surface area contributed by atoms with Gasteiger partial charge in [-0.1, -0.05) is 12.2 Å². The second kappa shape index (κ2) is 5.93. The van der Waals surface area contributed by atoms with Crippen molar-refractivity contribution in [2.75, 3.05) is 11.9 Å². The van der Waals surface area contributed by atoms with E-state index < -0.39 is 0 Å². The Morgan fingerprint density at radius 3 is 2.94 bits per heavy atom.